The third kappa shape index (κ3) is 5.93. The van der Waals surface area contributed by atoms with Crippen molar-refractivity contribution in [1.82, 2.24) is 0 Å². The molecule has 0 aromatic heterocycles. The van der Waals surface area contributed by atoms with Crippen molar-refractivity contribution in [2.75, 3.05) is 0 Å². The van der Waals surface area contributed by atoms with Crippen LogP contribution in [0.25, 0.3) is 0 Å². The van der Waals surface area contributed by atoms with Gasteiger partial charge in [-0.1, -0.05) is 47.7 Å². The van der Waals surface area contributed by atoms with Crippen LogP contribution in [0.1, 0.15) is 42.9 Å². The fraction of sp³-hybridized carbons (Fsp3) is 0.238. The highest BCUT2D eigenvalue weighted by Gasteiger charge is 1.99. The fourth-order valence-corrected chi connectivity index (χ4v) is 2.40. The van der Waals surface area contributed by atoms with Gasteiger partial charge >= 0.3 is 0 Å². The molecule has 0 nitrogen and oxygen atoms in total. The smallest absolute Gasteiger partial charge is 0.140 e. The van der Waals surface area contributed by atoms with E-state index in [1.807, 2.05) is 12.1 Å². The number of rotatable bonds is 5. The SMILES string of the molecule is CC=CCCCCc1ccc(C#Cc2ccc(Cl)cc2F)cc1. The van der Waals surface area contributed by atoms with Crippen LogP contribution in [0, 0.1) is 17.7 Å². The van der Waals surface area contributed by atoms with Crippen LogP contribution in [0.2, 0.25) is 5.02 Å². The minimum absolute atomic E-state index is 0.363. The first-order chi connectivity index (χ1) is 11.2. The van der Waals surface area contributed by atoms with Gasteiger partial charge in [-0.3, -0.25) is 0 Å². The maximum Gasteiger partial charge on any atom is 0.140 e. The molecular formula is C21H20ClF. The first-order valence-electron chi connectivity index (χ1n) is 7.86. The van der Waals surface area contributed by atoms with Crippen molar-refractivity contribution in [2.45, 2.75) is 32.6 Å². The zero-order valence-corrected chi connectivity index (χ0v) is 14.0. The second kappa shape index (κ2) is 9.18. The second-order valence-electron chi connectivity index (χ2n) is 5.39. The molecule has 0 bridgehead atoms. The molecular weight excluding hydrogens is 307 g/mol. The molecule has 0 fully saturated rings. The molecule has 2 rings (SSSR count). The van der Waals surface area contributed by atoms with Crippen LogP contribution in [0.15, 0.2) is 54.6 Å². The summed E-state index contributed by atoms with van der Waals surface area (Å²) in [5, 5.41) is 0.381. The average Bonchev–Trinajstić information content (AvgIpc) is 2.55. The summed E-state index contributed by atoms with van der Waals surface area (Å²) >= 11 is 5.73. The normalized spacial score (nSPS) is 10.6. The molecule has 0 heterocycles. The number of aryl methyl sites for hydroxylation is 1. The topological polar surface area (TPSA) is 0 Å². The van der Waals surface area contributed by atoms with Crippen molar-refractivity contribution in [3.8, 4) is 11.8 Å². The van der Waals surface area contributed by atoms with E-state index in [0.717, 1.165) is 18.4 Å². The number of allylic oxidation sites excluding steroid dienone is 2. The predicted molar refractivity (Wildman–Crippen MR) is 96.2 cm³/mol. The van der Waals surface area contributed by atoms with Crippen LogP contribution in [-0.2, 0) is 6.42 Å². The van der Waals surface area contributed by atoms with Gasteiger partial charge < -0.3 is 0 Å². The largest absolute Gasteiger partial charge is 0.206 e. The third-order valence-corrected chi connectivity index (χ3v) is 3.78. The Bertz CT molecular complexity index is 718. The molecule has 23 heavy (non-hydrogen) atoms. The van der Waals surface area contributed by atoms with Gasteiger partial charge in [0.25, 0.3) is 0 Å². The van der Waals surface area contributed by atoms with Crippen LogP contribution in [0.4, 0.5) is 4.39 Å². The van der Waals surface area contributed by atoms with Crippen molar-refractivity contribution >= 4 is 11.6 Å². The van der Waals surface area contributed by atoms with Crippen LogP contribution in [0.3, 0.4) is 0 Å². The van der Waals surface area contributed by atoms with Crippen molar-refractivity contribution in [3.63, 3.8) is 0 Å². The van der Waals surface area contributed by atoms with Crippen molar-refractivity contribution in [3.05, 3.63) is 82.1 Å². The average molecular weight is 327 g/mol. The molecule has 0 aliphatic rings. The van der Waals surface area contributed by atoms with Gasteiger partial charge in [-0.2, -0.15) is 0 Å². The first-order valence-corrected chi connectivity index (χ1v) is 8.24. The molecule has 0 spiro atoms. The Morgan fingerprint density at radius 1 is 1.04 bits per heavy atom. The zero-order valence-electron chi connectivity index (χ0n) is 13.3. The number of hydrogen-bond donors (Lipinski definition) is 0. The lowest BCUT2D eigenvalue weighted by molar-refractivity contribution is 0.624. The second-order valence-corrected chi connectivity index (χ2v) is 5.82. The fourth-order valence-electron chi connectivity index (χ4n) is 2.24. The molecule has 0 atom stereocenters. The maximum absolute atomic E-state index is 13.7. The Morgan fingerprint density at radius 2 is 1.83 bits per heavy atom. The monoisotopic (exact) mass is 326 g/mol. The maximum atomic E-state index is 13.7. The van der Waals surface area contributed by atoms with Crippen LogP contribution in [0.5, 0.6) is 0 Å². The minimum atomic E-state index is -0.386. The summed E-state index contributed by atoms with van der Waals surface area (Å²) in [6.45, 7) is 2.05. The van der Waals surface area contributed by atoms with Gasteiger partial charge in [0.1, 0.15) is 5.82 Å². The standard InChI is InChI=1S/C21H20ClF/c1-2-3-4-5-6-7-17-8-10-18(11-9-17)12-13-19-14-15-20(22)16-21(19)23/h2-3,8-11,14-16H,4-7H2,1H3. The van der Waals surface area contributed by atoms with Gasteiger partial charge in [0.2, 0.25) is 0 Å². The molecule has 0 aliphatic carbocycles. The quantitative estimate of drug-likeness (QED) is 0.350. The molecule has 0 saturated carbocycles. The van der Waals surface area contributed by atoms with E-state index in [1.54, 1.807) is 12.1 Å². The number of unbranched alkanes of at least 4 members (excludes halogenated alkanes) is 2. The lowest BCUT2D eigenvalue weighted by Gasteiger charge is -2.00. The number of benzene rings is 2. The summed E-state index contributed by atoms with van der Waals surface area (Å²) in [5.74, 6) is 5.45. The summed E-state index contributed by atoms with van der Waals surface area (Å²) in [7, 11) is 0. The van der Waals surface area contributed by atoms with E-state index in [0.29, 0.717) is 10.6 Å². The van der Waals surface area contributed by atoms with Gasteiger partial charge in [0.05, 0.1) is 5.56 Å². The third-order valence-electron chi connectivity index (χ3n) is 3.55. The summed E-state index contributed by atoms with van der Waals surface area (Å²) in [5.41, 5.74) is 2.56. The molecule has 2 aromatic rings. The van der Waals surface area contributed by atoms with Crippen LogP contribution in [-0.4, -0.2) is 0 Å². The molecule has 0 radical (unpaired) electrons. The molecule has 2 heteroatoms. The Morgan fingerprint density at radius 3 is 2.52 bits per heavy atom. The Labute approximate surface area is 143 Å². The van der Waals surface area contributed by atoms with Gasteiger partial charge in [0.15, 0.2) is 0 Å². The van der Waals surface area contributed by atoms with E-state index in [-0.39, 0.29) is 5.82 Å². The molecule has 2 aromatic carbocycles. The van der Waals surface area contributed by atoms with Crippen LogP contribution < -0.4 is 0 Å². The summed E-state index contributed by atoms with van der Waals surface area (Å²) in [6, 6.07) is 12.7. The van der Waals surface area contributed by atoms with Gasteiger partial charge in [0, 0.05) is 10.6 Å². The molecule has 0 saturated heterocycles. The highest BCUT2D eigenvalue weighted by Crippen LogP contribution is 2.14. The van der Waals surface area contributed by atoms with E-state index < -0.39 is 0 Å². The van der Waals surface area contributed by atoms with Crippen molar-refractivity contribution < 1.29 is 4.39 Å². The zero-order chi connectivity index (χ0) is 16.5. The lowest BCUT2D eigenvalue weighted by Crippen LogP contribution is -1.86. The Hall–Kier alpha value is -2.04. The van der Waals surface area contributed by atoms with Crippen LogP contribution >= 0.6 is 11.6 Å². The van der Waals surface area contributed by atoms with E-state index in [4.69, 9.17) is 11.6 Å². The van der Waals surface area contributed by atoms with E-state index in [1.165, 1.54) is 24.5 Å². The predicted octanol–water partition coefficient (Wildman–Crippen LogP) is 6.17. The summed E-state index contributed by atoms with van der Waals surface area (Å²) in [6.07, 6.45) is 8.92. The summed E-state index contributed by atoms with van der Waals surface area (Å²) < 4.78 is 13.7. The first kappa shape index (κ1) is 17.3. The number of hydrogen-bond acceptors (Lipinski definition) is 0. The van der Waals surface area contributed by atoms with E-state index >= 15 is 0 Å². The molecule has 0 unspecified atom stereocenters. The highest BCUT2D eigenvalue weighted by molar-refractivity contribution is 6.30. The van der Waals surface area contributed by atoms with E-state index in [2.05, 4.69) is 43.0 Å². The molecule has 0 amide bonds. The van der Waals surface area contributed by atoms with Gasteiger partial charge in [-0.05, 0) is 68.5 Å². The lowest BCUT2D eigenvalue weighted by atomic mass is 10.0. The number of halogens is 2. The van der Waals surface area contributed by atoms with E-state index in [9.17, 15) is 4.39 Å². The van der Waals surface area contributed by atoms with Crippen molar-refractivity contribution in [2.24, 2.45) is 0 Å². The highest BCUT2D eigenvalue weighted by atomic mass is 35.5. The van der Waals surface area contributed by atoms with Gasteiger partial charge in [-0.15, -0.1) is 0 Å². The molecule has 0 N–H and O–H groups in total. The molecule has 0 aliphatic heterocycles. The molecule has 118 valence electrons. The summed E-state index contributed by atoms with van der Waals surface area (Å²) in [4.78, 5) is 0. The Balaban J connectivity index is 1.94. The van der Waals surface area contributed by atoms with Crippen molar-refractivity contribution in [1.29, 1.82) is 0 Å². The Kier molecular flexibility index (Phi) is 6.91. The van der Waals surface area contributed by atoms with Gasteiger partial charge in [-0.25, -0.2) is 4.39 Å². The minimum Gasteiger partial charge on any atom is -0.206 e.